The van der Waals surface area contributed by atoms with E-state index in [0.717, 1.165) is 22.7 Å². The van der Waals surface area contributed by atoms with Crippen LogP contribution >= 0.6 is 15.9 Å². The highest BCUT2D eigenvalue weighted by Crippen LogP contribution is 2.12. The van der Waals surface area contributed by atoms with Crippen molar-refractivity contribution in [3.05, 3.63) is 16.5 Å². The van der Waals surface area contributed by atoms with E-state index in [0.29, 0.717) is 13.0 Å². The number of nitrogens with zero attached hydrogens (tertiary/aromatic N) is 2. The SMILES string of the molecule is CCc1nc(Br)cc(NCCC(=O)NC(C)C)n1. The van der Waals surface area contributed by atoms with Crippen molar-refractivity contribution in [1.82, 2.24) is 15.3 Å². The summed E-state index contributed by atoms with van der Waals surface area (Å²) in [4.78, 5) is 20.0. The fourth-order valence-corrected chi connectivity index (χ4v) is 1.83. The Morgan fingerprint density at radius 1 is 1.44 bits per heavy atom. The molecule has 0 spiro atoms. The first-order chi connectivity index (χ1) is 8.51. The van der Waals surface area contributed by atoms with Gasteiger partial charge in [0.15, 0.2) is 0 Å². The summed E-state index contributed by atoms with van der Waals surface area (Å²) in [6, 6.07) is 1.98. The van der Waals surface area contributed by atoms with Gasteiger partial charge in [0.1, 0.15) is 16.2 Å². The van der Waals surface area contributed by atoms with Gasteiger partial charge in [0.05, 0.1) is 0 Å². The topological polar surface area (TPSA) is 66.9 Å². The van der Waals surface area contributed by atoms with Crippen LogP contribution in [0.15, 0.2) is 10.7 Å². The van der Waals surface area contributed by atoms with E-state index in [1.807, 2.05) is 20.8 Å². The van der Waals surface area contributed by atoms with Gasteiger partial charge in [-0.2, -0.15) is 0 Å². The Kier molecular flexibility index (Phi) is 6.04. The van der Waals surface area contributed by atoms with Crippen LogP contribution in [0.4, 0.5) is 5.82 Å². The highest BCUT2D eigenvalue weighted by molar-refractivity contribution is 9.10. The molecule has 2 N–H and O–H groups in total. The predicted molar refractivity (Wildman–Crippen MR) is 75.5 cm³/mol. The zero-order valence-electron chi connectivity index (χ0n) is 11.0. The second kappa shape index (κ2) is 7.31. The molecule has 0 fully saturated rings. The van der Waals surface area contributed by atoms with E-state index in [4.69, 9.17) is 0 Å². The molecule has 0 atom stereocenters. The number of hydrogen-bond donors (Lipinski definition) is 2. The van der Waals surface area contributed by atoms with E-state index in [-0.39, 0.29) is 11.9 Å². The first kappa shape index (κ1) is 14.9. The van der Waals surface area contributed by atoms with Gasteiger partial charge in [-0.3, -0.25) is 4.79 Å². The van der Waals surface area contributed by atoms with Gasteiger partial charge in [-0.15, -0.1) is 0 Å². The molecule has 0 saturated carbocycles. The van der Waals surface area contributed by atoms with Crippen molar-refractivity contribution < 1.29 is 4.79 Å². The van der Waals surface area contributed by atoms with Crippen LogP contribution < -0.4 is 10.6 Å². The highest BCUT2D eigenvalue weighted by Gasteiger charge is 2.04. The number of nitrogens with one attached hydrogen (secondary N) is 2. The number of hydrogen-bond acceptors (Lipinski definition) is 4. The number of halogens is 1. The van der Waals surface area contributed by atoms with Crippen molar-refractivity contribution in [2.45, 2.75) is 39.7 Å². The van der Waals surface area contributed by atoms with Gasteiger partial charge in [0, 0.05) is 31.5 Å². The molecule has 18 heavy (non-hydrogen) atoms. The molecule has 1 aromatic heterocycles. The lowest BCUT2D eigenvalue weighted by Crippen LogP contribution is -2.31. The smallest absolute Gasteiger partial charge is 0.221 e. The number of carbonyl (C=O) groups is 1. The molecule has 1 heterocycles. The number of anilines is 1. The molecular weight excluding hydrogens is 296 g/mol. The lowest BCUT2D eigenvalue weighted by Gasteiger charge is -2.09. The zero-order chi connectivity index (χ0) is 13.5. The van der Waals surface area contributed by atoms with Gasteiger partial charge < -0.3 is 10.6 Å². The fraction of sp³-hybridized carbons (Fsp3) is 0.583. The first-order valence-corrected chi connectivity index (χ1v) is 6.87. The molecule has 1 amide bonds. The van der Waals surface area contributed by atoms with Crippen LogP contribution in [0.1, 0.15) is 33.0 Å². The lowest BCUT2D eigenvalue weighted by atomic mass is 10.3. The second-order valence-electron chi connectivity index (χ2n) is 4.24. The molecule has 0 unspecified atom stereocenters. The van der Waals surface area contributed by atoms with Crippen LogP contribution in [0.25, 0.3) is 0 Å². The molecule has 100 valence electrons. The van der Waals surface area contributed by atoms with Crippen molar-refractivity contribution in [3.63, 3.8) is 0 Å². The van der Waals surface area contributed by atoms with Crippen molar-refractivity contribution in [2.75, 3.05) is 11.9 Å². The number of aryl methyl sites for hydroxylation is 1. The van der Waals surface area contributed by atoms with Gasteiger partial charge in [-0.1, -0.05) is 6.92 Å². The summed E-state index contributed by atoms with van der Waals surface area (Å²) in [5, 5.41) is 5.96. The molecule has 0 bridgehead atoms. The largest absolute Gasteiger partial charge is 0.369 e. The molecule has 0 aliphatic heterocycles. The van der Waals surface area contributed by atoms with Crippen molar-refractivity contribution >= 4 is 27.7 Å². The summed E-state index contributed by atoms with van der Waals surface area (Å²) in [6.45, 7) is 6.45. The molecule has 5 nitrogen and oxygen atoms in total. The highest BCUT2D eigenvalue weighted by atomic mass is 79.9. The van der Waals surface area contributed by atoms with Gasteiger partial charge >= 0.3 is 0 Å². The summed E-state index contributed by atoms with van der Waals surface area (Å²) in [6.07, 6.45) is 1.21. The van der Waals surface area contributed by atoms with E-state index in [9.17, 15) is 4.79 Å². The molecular formula is C12H19BrN4O. The van der Waals surface area contributed by atoms with Crippen LogP contribution in [-0.4, -0.2) is 28.5 Å². The maximum Gasteiger partial charge on any atom is 0.221 e. The van der Waals surface area contributed by atoms with E-state index in [2.05, 4.69) is 36.5 Å². The molecule has 0 aliphatic rings. The van der Waals surface area contributed by atoms with E-state index in [1.54, 1.807) is 6.07 Å². The summed E-state index contributed by atoms with van der Waals surface area (Å²) in [5.41, 5.74) is 0. The summed E-state index contributed by atoms with van der Waals surface area (Å²) in [7, 11) is 0. The van der Waals surface area contributed by atoms with E-state index in [1.165, 1.54) is 0 Å². The van der Waals surface area contributed by atoms with Crippen LogP contribution in [0.2, 0.25) is 0 Å². The van der Waals surface area contributed by atoms with Gasteiger partial charge in [0.25, 0.3) is 0 Å². The molecule has 0 radical (unpaired) electrons. The Hall–Kier alpha value is -1.17. The summed E-state index contributed by atoms with van der Waals surface area (Å²) < 4.78 is 0.753. The average Bonchev–Trinajstić information content (AvgIpc) is 2.27. The van der Waals surface area contributed by atoms with Crippen molar-refractivity contribution in [3.8, 4) is 0 Å². The van der Waals surface area contributed by atoms with E-state index < -0.39 is 0 Å². The van der Waals surface area contributed by atoms with Crippen LogP contribution in [0.5, 0.6) is 0 Å². The third kappa shape index (κ3) is 5.44. The van der Waals surface area contributed by atoms with Gasteiger partial charge in [0.2, 0.25) is 5.91 Å². The number of carbonyl (C=O) groups excluding carboxylic acids is 1. The Morgan fingerprint density at radius 2 is 2.17 bits per heavy atom. The number of rotatable bonds is 6. The minimum absolute atomic E-state index is 0.0429. The van der Waals surface area contributed by atoms with Crippen molar-refractivity contribution in [2.24, 2.45) is 0 Å². The molecule has 0 aromatic carbocycles. The Morgan fingerprint density at radius 3 is 2.78 bits per heavy atom. The van der Waals surface area contributed by atoms with Crippen LogP contribution in [0.3, 0.4) is 0 Å². The molecule has 1 rings (SSSR count). The minimum atomic E-state index is 0.0429. The molecule has 0 aliphatic carbocycles. The number of amides is 1. The maximum absolute atomic E-state index is 11.4. The summed E-state index contributed by atoms with van der Waals surface area (Å²) >= 11 is 3.34. The molecule has 1 aromatic rings. The third-order valence-electron chi connectivity index (χ3n) is 2.17. The first-order valence-electron chi connectivity index (χ1n) is 6.08. The molecule has 0 saturated heterocycles. The van der Waals surface area contributed by atoms with Crippen molar-refractivity contribution in [1.29, 1.82) is 0 Å². The lowest BCUT2D eigenvalue weighted by molar-refractivity contribution is -0.121. The normalized spacial score (nSPS) is 10.5. The zero-order valence-corrected chi connectivity index (χ0v) is 12.5. The fourth-order valence-electron chi connectivity index (χ4n) is 1.41. The van der Waals surface area contributed by atoms with Crippen LogP contribution in [-0.2, 0) is 11.2 Å². The Bertz CT molecular complexity index is 409. The third-order valence-corrected chi connectivity index (χ3v) is 2.57. The maximum atomic E-state index is 11.4. The average molecular weight is 315 g/mol. The minimum Gasteiger partial charge on any atom is -0.369 e. The second-order valence-corrected chi connectivity index (χ2v) is 5.06. The van der Waals surface area contributed by atoms with E-state index >= 15 is 0 Å². The number of aromatic nitrogens is 2. The Balaban J connectivity index is 2.44. The molecule has 6 heteroatoms. The van der Waals surface area contributed by atoms with Crippen LogP contribution in [0, 0.1) is 0 Å². The van der Waals surface area contributed by atoms with Gasteiger partial charge in [-0.05, 0) is 29.8 Å². The van der Waals surface area contributed by atoms with Gasteiger partial charge in [-0.25, -0.2) is 9.97 Å². The quantitative estimate of drug-likeness (QED) is 0.789. The Labute approximate surface area is 116 Å². The predicted octanol–water partition coefficient (Wildman–Crippen LogP) is 2.13. The monoisotopic (exact) mass is 314 g/mol. The summed E-state index contributed by atoms with van der Waals surface area (Å²) in [5.74, 6) is 1.56. The standard InChI is InChI=1S/C12H19BrN4O/c1-4-10-16-9(13)7-11(17-10)14-6-5-12(18)15-8(2)3/h7-8H,4-6H2,1-3H3,(H,15,18)(H,14,16,17).